The van der Waals surface area contributed by atoms with Crippen LogP contribution in [0.2, 0.25) is 0 Å². The van der Waals surface area contributed by atoms with E-state index < -0.39 is 0 Å². The van der Waals surface area contributed by atoms with Crippen LogP contribution in [-0.2, 0) is 0 Å². The quantitative estimate of drug-likeness (QED) is 0.842. The summed E-state index contributed by atoms with van der Waals surface area (Å²) < 4.78 is 0. The standard InChI is InChI=1S/C19H29NS/c1-21-19-10-6-5-9-18(19)20-17-13-11-16(12-14-17)15-7-3-2-4-8-15/h2-4,7-8,16-20H,5-6,9-14H2,1H3. The lowest BCUT2D eigenvalue weighted by atomic mass is 9.81. The first-order valence-electron chi connectivity index (χ1n) is 8.70. The van der Waals surface area contributed by atoms with Gasteiger partial charge in [-0.1, -0.05) is 43.2 Å². The molecule has 21 heavy (non-hydrogen) atoms. The summed E-state index contributed by atoms with van der Waals surface area (Å²) in [5.41, 5.74) is 1.55. The maximum absolute atomic E-state index is 4.01. The van der Waals surface area contributed by atoms with Gasteiger partial charge in [0.2, 0.25) is 0 Å². The van der Waals surface area contributed by atoms with Gasteiger partial charge in [-0.3, -0.25) is 0 Å². The first-order chi connectivity index (χ1) is 10.4. The van der Waals surface area contributed by atoms with Gasteiger partial charge in [-0.15, -0.1) is 0 Å². The van der Waals surface area contributed by atoms with E-state index in [2.05, 4.69) is 53.7 Å². The summed E-state index contributed by atoms with van der Waals surface area (Å²) >= 11 is 2.08. The largest absolute Gasteiger partial charge is 0.310 e. The second-order valence-electron chi connectivity index (χ2n) is 6.79. The van der Waals surface area contributed by atoms with E-state index in [9.17, 15) is 0 Å². The maximum atomic E-state index is 4.01. The lowest BCUT2D eigenvalue weighted by Gasteiger charge is -2.37. The Morgan fingerprint density at radius 3 is 2.33 bits per heavy atom. The van der Waals surface area contributed by atoms with E-state index >= 15 is 0 Å². The normalized spacial score (nSPS) is 33.8. The molecule has 0 spiro atoms. The lowest BCUT2D eigenvalue weighted by Crippen LogP contribution is -2.46. The van der Waals surface area contributed by atoms with Gasteiger partial charge in [0, 0.05) is 17.3 Å². The van der Waals surface area contributed by atoms with Crippen molar-refractivity contribution in [2.45, 2.75) is 74.6 Å². The maximum Gasteiger partial charge on any atom is 0.0198 e. The van der Waals surface area contributed by atoms with E-state index in [1.807, 2.05) is 0 Å². The van der Waals surface area contributed by atoms with Crippen molar-refractivity contribution < 1.29 is 0 Å². The fourth-order valence-corrected chi connectivity index (χ4v) is 5.14. The van der Waals surface area contributed by atoms with Crippen LogP contribution in [0.15, 0.2) is 30.3 Å². The summed E-state index contributed by atoms with van der Waals surface area (Å²) in [4.78, 5) is 0. The van der Waals surface area contributed by atoms with Crippen LogP contribution in [0, 0.1) is 0 Å². The van der Waals surface area contributed by atoms with E-state index in [1.54, 1.807) is 5.56 Å². The van der Waals surface area contributed by atoms with E-state index in [4.69, 9.17) is 0 Å². The Hall–Kier alpha value is -0.470. The molecule has 0 heterocycles. The molecule has 2 aliphatic carbocycles. The molecule has 1 nitrogen and oxygen atoms in total. The van der Waals surface area contributed by atoms with Crippen molar-refractivity contribution in [3.05, 3.63) is 35.9 Å². The second kappa shape index (κ2) is 7.69. The topological polar surface area (TPSA) is 12.0 Å². The number of thioether (sulfide) groups is 1. The molecular formula is C19H29NS. The van der Waals surface area contributed by atoms with Crippen molar-refractivity contribution in [1.29, 1.82) is 0 Å². The van der Waals surface area contributed by atoms with Crippen LogP contribution < -0.4 is 5.32 Å². The van der Waals surface area contributed by atoms with Crippen molar-refractivity contribution in [3.63, 3.8) is 0 Å². The number of rotatable bonds is 4. The van der Waals surface area contributed by atoms with Crippen LogP contribution in [0.1, 0.15) is 62.8 Å². The van der Waals surface area contributed by atoms with Crippen molar-refractivity contribution in [2.24, 2.45) is 0 Å². The van der Waals surface area contributed by atoms with E-state index in [-0.39, 0.29) is 0 Å². The predicted octanol–water partition coefficient (Wildman–Crippen LogP) is 4.98. The Labute approximate surface area is 134 Å². The molecule has 116 valence electrons. The average molecular weight is 304 g/mol. The van der Waals surface area contributed by atoms with Crippen molar-refractivity contribution in [1.82, 2.24) is 5.32 Å². The van der Waals surface area contributed by atoms with Gasteiger partial charge >= 0.3 is 0 Å². The van der Waals surface area contributed by atoms with Gasteiger partial charge in [0.1, 0.15) is 0 Å². The molecular weight excluding hydrogens is 274 g/mol. The highest BCUT2D eigenvalue weighted by atomic mass is 32.2. The summed E-state index contributed by atoms with van der Waals surface area (Å²) in [6.07, 6.45) is 13.4. The summed E-state index contributed by atoms with van der Waals surface area (Å²) in [5.74, 6) is 0.798. The van der Waals surface area contributed by atoms with E-state index in [1.165, 1.54) is 51.4 Å². The summed E-state index contributed by atoms with van der Waals surface area (Å²) in [6.45, 7) is 0. The first kappa shape index (κ1) is 15.4. The molecule has 0 aliphatic heterocycles. The van der Waals surface area contributed by atoms with Crippen molar-refractivity contribution in [3.8, 4) is 0 Å². The molecule has 1 N–H and O–H groups in total. The van der Waals surface area contributed by atoms with Crippen LogP contribution in [0.3, 0.4) is 0 Å². The molecule has 2 unspecified atom stereocenters. The van der Waals surface area contributed by atoms with Crippen LogP contribution in [0.25, 0.3) is 0 Å². The molecule has 1 aromatic carbocycles. The van der Waals surface area contributed by atoms with Gasteiger partial charge < -0.3 is 5.32 Å². The molecule has 2 saturated carbocycles. The molecule has 0 saturated heterocycles. The van der Waals surface area contributed by atoms with Gasteiger partial charge in [-0.2, -0.15) is 11.8 Å². The number of benzene rings is 1. The van der Waals surface area contributed by atoms with Gasteiger partial charge in [-0.05, 0) is 56.3 Å². The first-order valence-corrected chi connectivity index (χ1v) is 9.99. The zero-order valence-corrected chi connectivity index (χ0v) is 14.1. The molecule has 0 bridgehead atoms. The molecule has 0 aromatic heterocycles. The molecule has 2 aliphatic rings. The van der Waals surface area contributed by atoms with E-state index in [0.717, 1.165) is 23.3 Å². The Bertz CT molecular complexity index is 411. The van der Waals surface area contributed by atoms with Crippen LogP contribution >= 0.6 is 11.8 Å². The lowest BCUT2D eigenvalue weighted by molar-refractivity contribution is 0.283. The van der Waals surface area contributed by atoms with Crippen LogP contribution in [0.5, 0.6) is 0 Å². The fraction of sp³-hybridized carbons (Fsp3) is 0.684. The van der Waals surface area contributed by atoms with E-state index in [0.29, 0.717) is 0 Å². The Balaban J connectivity index is 1.49. The van der Waals surface area contributed by atoms with Gasteiger partial charge in [0.15, 0.2) is 0 Å². The minimum Gasteiger partial charge on any atom is -0.310 e. The Morgan fingerprint density at radius 2 is 1.62 bits per heavy atom. The molecule has 2 fully saturated rings. The highest BCUT2D eigenvalue weighted by molar-refractivity contribution is 7.99. The summed E-state index contributed by atoms with van der Waals surface area (Å²) in [5, 5.41) is 4.86. The van der Waals surface area contributed by atoms with Crippen LogP contribution in [0.4, 0.5) is 0 Å². The van der Waals surface area contributed by atoms with Gasteiger partial charge in [-0.25, -0.2) is 0 Å². The number of hydrogen-bond donors (Lipinski definition) is 1. The third-order valence-electron chi connectivity index (χ3n) is 5.45. The van der Waals surface area contributed by atoms with Gasteiger partial charge in [0.05, 0.1) is 0 Å². The van der Waals surface area contributed by atoms with Crippen molar-refractivity contribution >= 4 is 11.8 Å². The van der Waals surface area contributed by atoms with Gasteiger partial charge in [0.25, 0.3) is 0 Å². The highest BCUT2D eigenvalue weighted by Crippen LogP contribution is 2.34. The monoisotopic (exact) mass is 303 g/mol. The molecule has 2 atom stereocenters. The minimum absolute atomic E-state index is 0.766. The Kier molecular flexibility index (Phi) is 5.65. The molecule has 0 radical (unpaired) electrons. The predicted molar refractivity (Wildman–Crippen MR) is 94.1 cm³/mol. The average Bonchev–Trinajstić information content (AvgIpc) is 2.57. The van der Waals surface area contributed by atoms with Crippen molar-refractivity contribution in [2.75, 3.05) is 6.26 Å². The molecule has 2 heteroatoms. The second-order valence-corrected chi connectivity index (χ2v) is 7.87. The smallest absolute Gasteiger partial charge is 0.0198 e. The molecule has 3 rings (SSSR count). The SMILES string of the molecule is CSC1CCCCC1NC1CCC(c2ccccc2)CC1. The minimum atomic E-state index is 0.766. The third-order valence-corrected chi connectivity index (χ3v) is 6.62. The van der Waals surface area contributed by atoms with Crippen LogP contribution in [-0.4, -0.2) is 23.6 Å². The fourth-order valence-electron chi connectivity index (χ4n) is 4.19. The molecule has 0 amide bonds. The number of hydrogen-bond acceptors (Lipinski definition) is 2. The summed E-state index contributed by atoms with van der Waals surface area (Å²) in [6, 6.07) is 12.7. The summed E-state index contributed by atoms with van der Waals surface area (Å²) in [7, 11) is 0. The molecule has 1 aromatic rings. The zero-order chi connectivity index (χ0) is 14.5. The highest BCUT2D eigenvalue weighted by Gasteiger charge is 2.28. The zero-order valence-electron chi connectivity index (χ0n) is 13.3. The third kappa shape index (κ3) is 4.04. The Morgan fingerprint density at radius 1 is 0.905 bits per heavy atom. The number of nitrogens with one attached hydrogen (secondary N) is 1.